The maximum atomic E-state index is 12.6. The third-order valence-corrected chi connectivity index (χ3v) is 4.39. The summed E-state index contributed by atoms with van der Waals surface area (Å²) in [5.41, 5.74) is 5.17. The molecule has 0 aliphatic heterocycles. The van der Waals surface area contributed by atoms with Crippen molar-refractivity contribution >= 4 is 5.78 Å². The van der Waals surface area contributed by atoms with Gasteiger partial charge in [-0.1, -0.05) is 48.4 Å². The van der Waals surface area contributed by atoms with Gasteiger partial charge in [-0.2, -0.15) is 0 Å². The fourth-order valence-electron chi connectivity index (χ4n) is 2.78. The molecule has 20 heavy (non-hydrogen) atoms. The summed E-state index contributed by atoms with van der Waals surface area (Å²) in [7, 11) is 0. The number of carbonyl (C=O) groups excluding carboxylic acids is 1. The molecule has 1 heteroatoms. The largest absolute Gasteiger partial charge is 0.289 e. The van der Waals surface area contributed by atoms with E-state index in [0.717, 1.165) is 28.2 Å². The van der Waals surface area contributed by atoms with Crippen molar-refractivity contribution in [1.29, 1.82) is 0 Å². The van der Waals surface area contributed by atoms with Gasteiger partial charge in [0.15, 0.2) is 5.78 Å². The Balaban J connectivity index is 1.88. The highest BCUT2D eigenvalue weighted by Gasteiger charge is 2.19. The molecule has 1 aliphatic carbocycles. The van der Waals surface area contributed by atoms with E-state index in [4.69, 9.17) is 0 Å². The van der Waals surface area contributed by atoms with E-state index in [0.29, 0.717) is 0 Å². The Bertz CT molecular complexity index is 633. The van der Waals surface area contributed by atoms with E-state index in [2.05, 4.69) is 12.1 Å². The zero-order chi connectivity index (χ0) is 14.1. The van der Waals surface area contributed by atoms with Gasteiger partial charge in [0.1, 0.15) is 0 Å². The van der Waals surface area contributed by atoms with Crippen LogP contribution in [0.1, 0.15) is 57.8 Å². The first-order chi connectivity index (χ1) is 9.65. The third-order valence-electron chi connectivity index (χ3n) is 4.39. The fraction of sp³-hybridized carbons (Fsp3) is 0.316. The molecule has 1 aliphatic rings. The zero-order valence-corrected chi connectivity index (χ0v) is 12.1. The molecule has 0 N–H and O–H groups in total. The third kappa shape index (κ3) is 2.40. The number of benzene rings is 2. The molecule has 0 radical (unpaired) electrons. The summed E-state index contributed by atoms with van der Waals surface area (Å²) in [4.78, 5) is 12.6. The van der Waals surface area contributed by atoms with Crippen molar-refractivity contribution in [3.05, 3.63) is 70.3 Å². The van der Waals surface area contributed by atoms with Crippen molar-refractivity contribution in [2.24, 2.45) is 0 Å². The molecule has 0 bridgehead atoms. The molecule has 1 nitrogen and oxygen atoms in total. The predicted octanol–water partition coefficient (Wildman–Crippen LogP) is 4.80. The van der Waals surface area contributed by atoms with Gasteiger partial charge in [-0.25, -0.2) is 0 Å². The normalized spacial score (nSPS) is 14.9. The molecule has 0 heterocycles. The van der Waals surface area contributed by atoms with E-state index in [1.165, 1.54) is 24.8 Å². The number of ketones is 1. The lowest BCUT2D eigenvalue weighted by atomic mass is 9.80. The summed E-state index contributed by atoms with van der Waals surface area (Å²) < 4.78 is 0. The lowest BCUT2D eigenvalue weighted by Crippen LogP contribution is -2.09. The summed E-state index contributed by atoms with van der Waals surface area (Å²) >= 11 is 0. The Hall–Kier alpha value is -1.89. The lowest BCUT2D eigenvalue weighted by Gasteiger charge is -2.25. The minimum Gasteiger partial charge on any atom is -0.289 e. The molecule has 0 amide bonds. The van der Waals surface area contributed by atoms with E-state index >= 15 is 0 Å². The van der Waals surface area contributed by atoms with Crippen LogP contribution in [0.4, 0.5) is 0 Å². The van der Waals surface area contributed by atoms with Crippen molar-refractivity contribution in [3.8, 4) is 0 Å². The van der Waals surface area contributed by atoms with Crippen molar-refractivity contribution in [1.82, 2.24) is 0 Å². The van der Waals surface area contributed by atoms with Gasteiger partial charge in [0.2, 0.25) is 0 Å². The van der Waals surface area contributed by atoms with Crippen LogP contribution in [-0.2, 0) is 0 Å². The lowest BCUT2D eigenvalue weighted by molar-refractivity contribution is 0.103. The monoisotopic (exact) mass is 264 g/mol. The second-order valence-electron chi connectivity index (χ2n) is 5.90. The van der Waals surface area contributed by atoms with Gasteiger partial charge in [0.05, 0.1) is 0 Å². The molecular formula is C19H20O. The van der Waals surface area contributed by atoms with Crippen LogP contribution < -0.4 is 0 Å². The Labute approximate surface area is 120 Å². The van der Waals surface area contributed by atoms with Gasteiger partial charge in [0, 0.05) is 11.1 Å². The molecule has 0 saturated heterocycles. The first kappa shape index (κ1) is 13.1. The highest BCUT2D eigenvalue weighted by Crippen LogP contribution is 2.36. The van der Waals surface area contributed by atoms with Crippen LogP contribution in [0, 0.1) is 13.8 Å². The average Bonchev–Trinajstić information content (AvgIpc) is 2.40. The van der Waals surface area contributed by atoms with Gasteiger partial charge in [0.25, 0.3) is 0 Å². The Kier molecular flexibility index (Phi) is 3.43. The molecule has 1 saturated carbocycles. The molecule has 0 spiro atoms. The summed E-state index contributed by atoms with van der Waals surface area (Å²) in [6.45, 7) is 4.02. The molecule has 3 rings (SSSR count). The van der Waals surface area contributed by atoms with E-state index in [9.17, 15) is 4.79 Å². The number of rotatable bonds is 3. The number of hydrogen-bond donors (Lipinski definition) is 0. The van der Waals surface area contributed by atoms with Crippen LogP contribution in [-0.4, -0.2) is 5.78 Å². The van der Waals surface area contributed by atoms with Gasteiger partial charge in [-0.05, 0) is 49.8 Å². The van der Waals surface area contributed by atoms with Crippen LogP contribution in [0.3, 0.4) is 0 Å². The molecule has 0 aromatic heterocycles. The number of carbonyl (C=O) groups is 1. The van der Waals surface area contributed by atoms with Crippen LogP contribution in [0.5, 0.6) is 0 Å². The highest BCUT2D eigenvalue weighted by molar-refractivity contribution is 6.10. The van der Waals surface area contributed by atoms with Crippen LogP contribution >= 0.6 is 0 Å². The quantitative estimate of drug-likeness (QED) is 0.728. The standard InChI is InChI=1S/C19H20O/c1-13-6-7-14(2)18(12-13)19(20)17-10-8-16(9-11-17)15-4-3-5-15/h6-12,15H,3-5H2,1-2H3. The summed E-state index contributed by atoms with van der Waals surface area (Å²) in [5.74, 6) is 0.853. The Morgan fingerprint density at radius 1 is 1.00 bits per heavy atom. The molecule has 0 unspecified atom stereocenters. The minimum absolute atomic E-state index is 0.131. The highest BCUT2D eigenvalue weighted by atomic mass is 16.1. The summed E-state index contributed by atoms with van der Waals surface area (Å²) in [6, 6.07) is 14.3. The van der Waals surface area contributed by atoms with E-state index in [1.807, 2.05) is 44.2 Å². The molecular weight excluding hydrogens is 244 g/mol. The minimum atomic E-state index is 0.131. The molecule has 102 valence electrons. The Morgan fingerprint density at radius 3 is 2.30 bits per heavy atom. The SMILES string of the molecule is Cc1ccc(C)c(C(=O)c2ccc(C3CCC3)cc2)c1. The summed E-state index contributed by atoms with van der Waals surface area (Å²) in [6.07, 6.45) is 3.93. The maximum Gasteiger partial charge on any atom is 0.193 e. The van der Waals surface area contributed by atoms with Crippen molar-refractivity contribution < 1.29 is 4.79 Å². The van der Waals surface area contributed by atoms with Crippen LogP contribution in [0.15, 0.2) is 42.5 Å². The zero-order valence-electron chi connectivity index (χ0n) is 12.1. The molecule has 2 aromatic carbocycles. The van der Waals surface area contributed by atoms with E-state index in [-0.39, 0.29) is 5.78 Å². The van der Waals surface area contributed by atoms with Gasteiger partial charge >= 0.3 is 0 Å². The second kappa shape index (κ2) is 5.24. The second-order valence-corrected chi connectivity index (χ2v) is 5.90. The van der Waals surface area contributed by atoms with Crippen molar-refractivity contribution in [2.75, 3.05) is 0 Å². The van der Waals surface area contributed by atoms with Gasteiger partial charge < -0.3 is 0 Å². The van der Waals surface area contributed by atoms with Crippen molar-refractivity contribution in [3.63, 3.8) is 0 Å². The molecule has 1 fully saturated rings. The predicted molar refractivity (Wildman–Crippen MR) is 82.4 cm³/mol. The van der Waals surface area contributed by atoms with Crippen molar-refractivity contribution in [2.45, 2.75) is 39.0 Å². The maximum absolute atomic E-state index is 12.6. The van der Waals surface area contributed by atoms with Crippen LogP contribution in [0.2, 0.25) is 0 Å². The van der Waals surface area contributed by atoms with Gasteiger partial charge in [-0.15, -0.1) is 0 Å². The summed E-state index contributed by atoms with van der Waals surface area (Å²) in [5, 5.41) is 0. The topological polar surface area (TPSA) is 17.1 Å². The average molecular weight is 264 g/mol. The fourth-order valence-corrected chi connectivity index (χ4v) is 2.78. The Morgan fingerprint density at radius 2 is 1.70 bits per heavy atom. The first-order valence-corrected chi connectivity index (χ1v) is 7.37. The van der Waals surface area contributed by atoms with Gasteiger partial charge in [-0.3, -0.25) is 4.79 Å². The molecule has 0 atom stereocenters. The van der Waals surface area contributed by atoms with E-state index in [1.54, 1.807) is 0 Å². The molecule has 2 aromatic rings. The first-order valence-electron chi connectivity index (χ1n) is 7.37. The van der Waals surface area contributed by atoms with E-state index < -0.39 is 0 Å². The number of aryl methyl sites for hydroxylation is 2. The smallest absolute Gasteiger partial charge is 0.193 e. The number of hydrogen-bond acceptors (Lipinski definition) is 1. The van der Waals surface area contributed by atoms with Crippen LogP contribution in [0.25, 0.3) is 0 Å².